The summed E-state index contributed by atoms with van der Waals surface area (Å²) in [4.78, 5) is 26.4. The van der Waals surface area contributed by atoms with E-state index in [9.17, 15) is 4.79 Å². The topological polar surface area (TPSA) is 88.4 Å². The second kappa shape index (κ2) is 6.48. The summed E-state index contributed by atoms with van der Waals surface area (Å²) in [6.07, 6.45) is 5.64. The molecule has 0 aliphatic carbocycles. The van der Waals surface area contributed by atoms with Gasteiger partial charge in [-0.1, -0.05) is 11.6 Å². The minimum Gasteiger partial charge on any atom is -0.478 e. The number of carboxylic acids is 1. The third-order valence-corrected chi connectivity index (χ3v) is 5.38. The lowest BCUT2D eigenvalue weighted by molar-refractivity contribution is -0.0803. The number of carboxylic acid groups (broad SMARTS) is 1. The maximum atomic E-state index is 11.0. The van der Waals surface area contributed by atoms with E-state index in [1.54, 1.807) is 0 Å². The van der Waals surface area contributed by atoms with E-state index in [0.29, 0.717) is 30.5 Å². The molecule has 2 aliphatic heterocycles. The second-order valence-electron chi connectivity index (χ2n) is 6.71. The maximum Gasteiger partial charge on any atom is 0.337 e. The van der Waals surface area contributed by atoms with E-state index in [2.05, 4.69) is 19.9 Å². The van der Waals surface area contributed by atoms with Crippen LogP contribution < -0.4 is 4.90 Å². The van der Waals surface area contributed by atoms with Crippen LogP contribution in [0, 0.1) is 6.92 Å². The van der Waals surface area contributed by atoms with Gasteiger partial charge in [-0.3, -0.25) is 0 Å². The molecule has 4 rings (SSSR count). The quantitative estimate of drug-likeness (QED) is 0.864. The van der Waals surface area contributed by atoms with Gasteiger partial charge in [0.15, 0.2) is 0 Å². The smallest absolute Gasteiger partial charge is 0.337 e. The van der Waals surface area contributed by atoms with Crippen molar-refractivity contribution in [3.8, 4) is 0 Å². The molecule has 0 saturated carbocycles. The van der Waals surface area contributed by atoms with Gasteiger partial charge < -0.3 is 14.7 Å². The molecule has 136 valence electrons. The number of hydrogen-bond acceptors (Lipinski definition) is 6. The van der Waals surface area contributed by atoms with Crippen LogP contribution in [0.3, 0.4) is 0 Å². The number of anilines is 1. The van der Waals surface area contributed by atoms with Gasteiger partial charge in [0.05, 0.1) is 22.9 Å². The first-order chi connectivity index (χ1) is 12.5. The molecular weight excluding hydrogens is 356 g/mol. The normalized spacial score (nSPS) is 18.6. The number of rotatable bonds is 2. The van der Waals surface area contributed by atoms with E-state index in [1.807, 2.05) is 13.1 Å². The number of aryl methyl sites for hydroxylation is 1. The Morgan fingerprint density at radius 2 is 2.08 bits per heavy atom. The molecule has 0 atom stereocenters. The molecule has 2 aromatic heterocycles. The highest BCUT2D eigenvalue weighted by atomic mass is 35.5. The van der Waals surface area contributed by atoms with Crippen LogP contribution in [0.5, 0.6) is 0 Å². The molecule has 4 heterocycles. The van der Waals surface area contributed by atoms with Gasteiger partial charge in [0.2, 0.25) is 0 Å². The lowest BCUT2D eigenvalue weighted by atomic mass is 9.83. The number of pyridine rings is 1. The van der Waals surface area contributed by atoms with E-state index in [-0.39, 0.29) is 11.2 Å². The van der Waals surface area contributed by atoms with Gasteiger partial charge in [-0.15, -0.1) is 0 Å². The van der Waals surface area contributed by atoms with Gasteiger partial charge >= 0.3 is 5.97 Å². The molecule has 2 aliphatic rings. The molecule has 7 nitrogen and oxygen atoms in total. The molecule has 26 heavy (non-hydrogen) atoms. The molecular formula is C18H19ClN4O3. The highest BCUT2D eigenvalue weighted by Gasteiger charge is 2.42. The predicted molar refractivity (Wildman–Crippen MR) is 95.8 cm³/mol. The minimum absolute atomic E-state index is 0.0870. The monoisotopic (exact) mass is 374 g/mol. The Balaban J connectivity index is 1.57. The standard InChI is InChI=1S/C18H19ClN4O3/c1-11-20-9-12-2-7-26-18(15(12)22-11)3-5-23(6-4-18)16-14(19)8-13(10-21-16)17(24)25/h8-10H,2-7H2,1H3,(H,24,25). The van der Waals surface area contributed by atoms with Crippen LogP contribution in [-0.2, 0) is 16.8 Å². The second-order valence-corrected chi connectivity index (χ2v) is 7.11. The number of halogens is 1. The van der Waals surface area contributed by atoms with Gasteiger partial charge in [-0.2, -0.15) is 0 Å². The van der Waals surface area contributed by atoms with Crippen LogP contribution in [0.1, 0.15) is 40.3 Å². The summed E-state index contributed by atoms with van der Waals surface area (Å²) in [5.41, 5.74) is 1.88. The molecule has 0 radical (unpaired) electrons. The number of hydrogen-bond donors (Lipinski definition) is 1. The molecule has 1 spiro atoms. The highest BCUT2D eigenvalue weighted by molar-refractivity contribution is 6.33. The molecule has 8 heteroatoms. The Labute approximate surface area is 156 Å². The SMILES string of the molecule is Cc1ncc2c(n1)C1(CCN(c3ncc(C(=O)O)cc3Cl)CC1)OCC2. The lowest BCUT2D eigenvalue weighted by Gasteiger charge is -2.44. The van der Waals surface area contributed by atoms with Crippen molar-refractivity contribution in [2.24, 2.45) is 0 Å². The first-order valence-corrected chi connectivity index (χ1v) is 8.97. The zero-order valence-corrected chi connectivity index (χ0v) is 15.2. The van der Waals surface area contributed by atoms with Crippen molar-refractivity contribution in [3.63, 3.8) is 0 Å². The van der Waals surface area contributed by atoms with Crippen molar-refractivity contribution in [1.29, 1.82) is 0 Å². The Kier molecular flexibility index (Phi) is 4.28. The molecule has 2 aromatic rings. The zero-order chi connectivity index (χ0) is 18.3. The van der Waals surface area contributed by atoms with Crippen LogP contribution in [0.15, 0.2) is 18.5 Å². The fourth-order valence-corrected chi connectivity index (χ4v) is 4.02. The summed E-state index contributed by atoms with van der Waals surface area (Å²) >= 11 is 6.27. The first kappa shape index (κ1) is 17.2. The van der Waals surface area contributed by atoms with Crippen LogP contribution >= 0.6 is 11.6 Å². The minimum atomic E-state index is -1.04. The molecule has 1 N–H and O–H groups in total. The summed E-state index contributed by atoms with van der Waals surface area (Å²) < 4.78 is 6.20. The fraction of sp³-hybridized carbons (Fsp3) is 0.444. The van der Waals surface area contributed by atoms with Gasteiger partial charge in [-0.05, 0) is 37.8 Å². The van der Waals surface area contributed by atoms with Gasteiger partial charge in [-0.25, -0.2) is 19.7 Å². The maximum absolute atomic E-state index is 11.0. The average Bonchev–Trinajstić information content (AvgIpc) is 2.63. The molecule has 0 amide bonds. The third kappa shape index (κ3) is 2.91. The van der Waals surface area contributed by atoms with E-state index in [4.69, 9.17) is 21.4 Å². The predicted octanol–water partition coefficient (Wildman–Crippen LogP) is 2.60. The van der Waals surface area contributed by atoms with Crippen molar-refractivity contribution in [2.75, 3.05) is 24.6 Å². The highest BCUT2D eigenvalue weighted by Crippen LogP contribution is 2.41. The number of ether oxygens (including phenoxy) is 1. The number of fused-ring (bicyclic) bond motifs is 2. The summed E-state index contributed by atoms with van der Waals surface area (Å²) in [7, 11) is 0. The Bertz CT molecular complexity index is 866. The van der Waals surface area contributed by atoms with Crippen LogP contribution in [0.25, 0.3) is 0 Å². The Morgan fingerprint density at radius 1 is 1.31 bits per heavy atom. The Morgan fingerprint density at radius 3 is 2.77 bits per heavy atom. The van der Waals surface area contributed by atoms with E-state index in [0.717, 1.165) is 36.3 Å². The summed E-state index contributed by atoms with van der Waals surface area (Å²) in [5.74, 6) is 0.331. The Hall–Kier alpha value is -2.25. The molecule has 0 unspecified atom stereocenters. The van der Waals surface area contributed by atoms with Crippen molar-refractivity contribution in [1.82, 2.24) is 15.0 Å². The van der Waals surface area contributed by atoms with Gasteiger partial charge in [0.25, 0.3) is 0 Å². The summed E-state index contributed by atoms with van der Waals surface area (Å²) in [5, 5.41) is 9.40. The van der Waals surface area contributed by atoms with Crippen LogP contribution in [-0.4, -0.2) is 45.7 Å². The number of carbonyl (C=O) groups is 1. The number of piperidine rings is 1. The molecule has 0 bridgehead atoms. The van der Waals surface area contributed by atoms with Crippen molar-refractivity contribution in [2.45, 2.75) is 31.8 Å². The zero-order valence-electron chi connectivity index (χ0n) is 14.4. The van der Waals surface area contributed by atoms with Crippen LogP contribution in [0.4, 0.5) is 5.82 Å². The largest absolute Gasteiger partial charge is 0.478 e. The summed E-state index contributed by atoms with van der Waals surface area (Å²) in [6.45, 7) is 3.99. The van der Waals surface area contributed by atoms with Crippen molar-refractivity contribution >= 4 is 23.4 Å². The van der Waals surface area contributed by atoms with Gasteiger partial charge in [0.1, 0.15) is 17.2 Å². The molecule has 0 aromatic carbocycles. The third-order valence-electron chi connectivity index (χ3n) is 5.11. The number of nitrogens with zero attached hydrogens (tertiary/aromatic N) is 4. The summed E-state index contributed by atoms with van der Waals surface area (Å²) in [6, 6.07) is 1.44. The number of aromatic carboxylic acids is 1. The van der Waals surface area contributed by atoms with E-state index in [1.165, 1.54) is 12.3 Å². The van der Waals surface area contributed by atoms with Crippen molar-refractivity contribution < 1.29 is 14.6 Å². The number of aromatic nitrogens is 3. The molecule has 1 fully saturated rings. The first-order valence-electron chi connectivity index (χ1n) is 8.59. The fourth-order valence-electron chi connectivity index (χ4n) is 3.74. The average molecular weight is 375 g/mol. The van der Waals surface area contributed by atoms with E-state index >= 15 is 0 Å². The van der Waals surface area contributed by atoms with E-state index < -0.39 is 5.97 Å². The molecule has 1 saturated heterocycles. The lowest BCUT2D eigenvalue weighted by Crippen LogP contribution is -2.47. The van der Waals surface area contributed by atoms with Crippen molar-refractivity contribution in [3.05, 3.63) is 46.1 Å². The van der Waals surface area contributed by atoms with Gasteiger partial charge in [0, 0.05) is 25.5 Å². The van der Waals surface area contributed by atoms with Crippen LogP contribution in [0.2, 0.25) is 5.02 Å².